The van der Waals surface area contributed by atoms with Gasteiger partial charge in [0, 0.05) is 10.9 Å². The van der Waals surface area contributed by atoms with Crippen LogP contribution in [-0.4, -0.2) is 17.1 Å². The number of rotatable bonds is 6. The summed E-state index contributed by atoms with van der Waals surface area (Å²) in [6.07, 6.45) is -0.713. The van der Waals surface area contributed by atoms with Crippen molar-refractivity contribution in [3.05, 3.63) is 65.7 Å². The Morgan fingerprint density at radius 3 is 2.73 bits per heavy atom. The van der Waals surface area contributed by atoms with Crippen LogP contribution in [0.3, 0.4) is 0 Å². The fraction of sp³-hybridized carbons (Fsp3) is 0.150. The standard InChI is InChI=1S/C20H16N2O3S/c1-14(12-21)24-19(23)11-16-13-26-20(22-16)15-6-5-9-18(10-15)25-17-7-3-2-4-8-17/h2-10,13-14H,11H2,1H3. The first-order valence-electron chi connectivity index (χ1n) is 8.01. The first-order valence-corrected chi connectivity index (χ1v) is 8.89. The van der Waals surface area contributed by atoms with Gasteiger partial charge in [0.05, 0.1) is 12.1 Å². The molecular weight excluding hydrogens is 348 g/mol. The predicted octanol–water partition coefficient (Wildman–Crippen LogP) is 4.60. The minimum atomic E-state index is -0.757. The van der Waals surface area contributed by atoms with E-state index in [1.165, 1.54) is 18.3 Å². The molecule has 2 aromatic carbocycles. The van der Waals surface area contributed by atoms with Gasteiger partial charge in [0.1, 0.15) is 22.6 Å². The summed E-state index contributed by atoms with van der Waals surface area (Å²) in [7, 11) is 0. The van der Waals surface area contributed by atoms with E-state index in [9.17, 15) is 4.79 Å². The largest absolute Gasteiger partial charge is 0.457 e. The highest BCUT2D eigenvalue weighted by Gasteiger charge is 2.13. The van der Waals surface area contributed by atoms with E-state index >= 15 is 0 Å². The first kappa shape index (κ1) is 17.6. The van der Waals surface area contributed by atoms with E-state index in [1.807, 2.05) is 66.0 Å². The number of para-hydroxylation sites is 1. The third-order valence-corrected chi connectivity index (χ3v) is 4.37. The lowest BCUT2D eigenvalue weighted by molar-refractivity contribution is -0.145. The summed E-state index contributed by atoms with van der Waals surface area (Å²) in [5.41, 5.74) is 1.53. The molecule has 0 aliphatic carbocycles. The molecule has 130 valence electrons. The summed E-state index contributed by atoms with van der Waals surface area (Å²) >= 11 is 1.44. The summed E-state index contributed by atoms with van der Waals surface area (Å²) in [4.78, 5) is 16.2. The maximum atomic E-state index is 11.8. The molecule has 0 bridgehead atoms. The lowest BCUT2D eigenvalue weighted by atomic mass is 10.2. The highest BCUT2D eigenvalue weighted by Crippen LogP contribution is 2.29. The lowest BCUT2D eigenvalue weighted by Crippen LogP contribution is -2.15. The number of carbonyl (C=O) groups excluding carboxylic acids is 1. The Morgan fingerprint density at radius 1 is 1.19 bits per heavy atom. The van der Waals surface area contributed by atoms with Crippen molar-refractivity contribution in [2.75, 3.05) is 0 Å². The van der Waals surface area contributed by atoms with Crippen molar-refractivity contribution in [2.24, 2.45) is 0 Å². The second kappa shape index (κ2) is 8.28. The summed E-state index contributed by atoms with van der Waals surface area (Å²) in [5.74, 6) is 1.02. The van der Waals surface area contributed by atoms with Crippen molar-refractivity contribution < 1.29 is 14.3 Å². The molecule has 3 rings (SSSR count). The molecule has 0 radical (unpaired) electrons. The van der Waals surface area contributed by atoms with Gasteiger partial charge < -0.3 is 9.47 Å². The SMILES string of the molecule is CC(C#N)OC(=O)Cc1csc(-c2cccc(Oc3ccccc3)c2)n1. The summed E-state index contributed by atoms with van der Waals surface area (Å²) in [5, 5.41) is 11.3. The summed E-state index contributed by atoms with van der Waals surface area (Å²) < 4.78 is 10.8. The smallest absolute Gasteiger partial charge is 0.313 e. The molecule has 1 atom stereocenters. The number of hydrogen-bond acceptors (Lipinski definition) is 6. The average Bonchev–Trinajstić information content (AvgIpc) is 3.11. The molecule has 0 N–H and O–H groups in total. The summed E-state index contributed by atoms with van der Waals surface area (Å²) in [6, 6.07) is 19.0. The van der Waals surface area contributed by atoms with E-state index < -0.39 is 12.1 Å². The van der Waals surface area contributed by atoms with Crippen molar-refractivity contribution in [2.45, 2.75) is 19.4 Å². The van der Waals surface area contributed by atoms with Crippen LogP contribution in [0.15, 0.2) is 60.0 Å². The number of carbonyl (C=O) groups is 1. The van der Waals surface area contributed by atoms with Crippen LogP contribution in [0.5, 0.6) is 11.5 Å². The molecule has 1 heterocycles. The molecule has 0 saturated carbocycles. The second-order valence-corrected chi connectivity index (χ2v) is 6.38. The number of hydrogen-bond donors (Lipinski definition) is 0. The zero-order valence-corrected chi connectivity index (χ0v) is 14.9. The van der Waals surface area contributed by atoms with Crippen LogP contribution >= 0.6 is 11.3 Å². The van der Waals surface area contributed by atoms with Gasteiger partial charge in [0.15, 0.2) is 6.10 Å². The Morgan fingerprint density at radius 2 is 1.96 bits per heavy atom. The molecular formula is C20H16N2O3S. The average molecular weight is 364 g/mol. The minimum Gasteiger partial charge on any atom is -0.457 e. The summed E-state index contributed by atoms with van der Waals surface area (Å²) in [6.45, 7) is 1.53. The van der Waals surface area contributed by atoms with Crippen LogP contribution in [0.25, 0.3) is 10.6 Å². The fourth-order valence-electron chi connectivity index (χ4n) is 2.25. The minimum absolute atomic E-state index is 0.0444. The van der Waals surface area contributed by atoms with Gasteiger partial charge in [-0.1, -0.05) is 30.3 Å². The van der Waals surface area contributed by atoms with Crippen LogP contribution < -0.4 is 4.74 Å². The maximum absolute atomic E-state index is 11.8. The number of nitrogens with zero attached hydrogens (tertiary/aromatic N) is 2. The molecule has 0 saturated heterocycles. The third kappa shape index (κ3) is 4.68. The number of ether oxygens (including phenoxy) is 2. The second-order valence-electron chi connectivity index (χ2n) is 5.52. The highest BCUT2D eigenvalue weighted by molar-refractivity contribution is 7.13. The Labute approximate surface area is 155 Å². The molecule has 0 fully saturated rings. The topological polar surface area (TPSA) is 72.2 Å². The quantitative estimate of drug-likeness (QED) is 0.598. The number of thiazole rings is 1. The first-order chi connectivity index (χ1) is 12.6. The van der Waals surface area contributed by atoms with Crippen molar-refractivity contribution in [3.8, 4) is 28.1 Å². The molecule has 0 spiro atoms. The van der Waals surface area contributed by atoms with Gasteiger partial charge in [0.25, 0.3) is 0 Å². The molecule has 6 heteroatoms. The Kier molecular flexibility index (Phi) is 5.62. The van der Waals surface area contributed by atoms with Gasteiger partial charge in [-0.2, -0.15) is 5.26 Å². The zero-order chi connectivity index (χ0) is 18.4. The van der Waals surface area contributed by atoms with E-state index in [2.05, 4.69) is 4.98 Å². The van der Waals surface area contributed by atoms with Crippen LogP contribution in [0.2, 0.25) is 0 Å². The van der Waals surface area contributed by atoms with Crippen LogP contribution in [0.4, 0.5) is 0 Å². The van der Waals surface area contributed by atoms with Gasteiger partial charge in [-0.3, -0.25) is 4.79 Å². The molecule has 1 aromatic heterocycles. The zero-order valence-electron chi connectivity index (χ0n) is 14.1. The number of esters is 1. The van der Waals surface area contributed by atoms with Gasteiger partial charge >= 0.3 is 5.97 Å². The van der Waals surface area contributed by atoms with Gasteiger partial charge in [-0.05, 0) is 31.2 Å². The Balaban J connectivity index is 1.70. The van der Waals surface area contributed by atoms with Crippen LogP contribution in [-0.2, 0) is 16.0 Å². The molecule has 0 aliphatic rings. The number of nitriles is 1. The van der Waals surface area contributed by atoms with Crippen molar-refractivity contribution in [1.29, 1.82) is 5.26 Å². The van der Waals surface area contributed by atoms with E-state index in [4.69, 9.17) is 14.7 Å². The van der Waals surface area contributed by atoms with Gasteiger partial charge in [-0.25, -0.2) is 4.98 Å². The Hall–Kier alpha value is -3.17. The molecule has 5 nitrogen and oxygen atoms in total. The third-order valence-electron chi connectivity index (χ3n) is 3.43. The molecule has 1 unspecified atom stereocenters. The van der Waals surface area contributed by atoms with E-state index in [0.29, 0.717) is 11.4 Å². The molecule has 26 heavy (non-hydrogen) atoms. The molecule has 0 aliphatic heterocycles. The fourth-order valence-corrected chi connectivity index (χ4v) is 3.07. The maximum Gasteiger partial charge on any atom is 0.313 e. The molecule has 3 aromatic rings. The van der Waals surface area contributed by atoms with Crippen LogP contribution in [0, 0.1) is 11.3 Å². The van der Waals surface area contributed by atoms with Gasteiger partial charge in [0.2, 0.25) is 0 Å². The Bertz CT molecular complexity index is 931. The van der Waals surface area contributed by atoms with Crippen molar-refractivity contribution >= 4 is 17.3 Å². The van der Waals surface area contributed by atoms with E-state index in [1.54, 1.807) is 0 Å². The van der Waals surface area contributed by atoms with E-state index in [0.717, 1.165) is 16.3 Å². The highest BCUT2D eigenvalue weighted by atomic mass is 32.1. The number of aromatic nitrogens is 1. The van der Waals surface area contributed by atoms with Crippen LogP contribution in [0.1, 0.15) is 12.6 Å². The van der Waals surface area contributed by atoms with Gasteiger partial charge in [-0.15, -0.1) is 11.3 Å². The van der Waals surface area contributed by atoms with Crippen molar-refractivity contribution in [3.63, 3.8) is 0 Å². The lowest BCUT2D eigenvalue weighted by Gasteiger charge is -2.06. The van der Waals surface area contributed by atoms with Crippen molar-refractivity contribution in [1.82, 2.24) is 4.98 Å². The number of benzene rings is 2. The molecule has 0 amide bonds. The van der Waals surface area contributed by atoms with E-state index in [-0.39, 0.29) is 6.42 Å². The monoisotopic (exact) mass is 364 g/mol. The predicted molar refractivity (Wildman–Crippen MR) is 98.9 cm³/mol. The normalized spacial score (nSPS) is 11.4.